The molecule has 0 bridgehead atoms. The molecule has 88 valence electrons. The van der Waals surface area contributed by atoms with E-state index in [0.717, 1.165) is 11.4 Å². The molecule has 0 aliphatic heterocycles. The first-order chi connectivity index (χ1) is 8.15. The Labute approximate surface area is 98.4 Å². The molecule has 0 aromatic carbocycles. The summed E-state index contributed by atoms with van der Waals surface area (Å²) in [5, 5.41) is 12.2. The van der Waals surface area contributed by atoms with Crippen molar-refractivity contribution in [3.63, 3.8) is 0 Å². The molecule has 0 spiro atoms. The molecule has 17 heavy (non-hydrogen) atoms. The summed E-state index contributed by atoms with van der Waals surface area (Å²) >= 11 is 0. The van der Waals surface area contributed by atoms with Gasteiger partial charge in [0.1, 0.15) is 5.75 Å². The molecule has 2 aromatic rings. The summed E-state index contributed by atoms with van der Waals surface area (Å²) in [5.41, 5.74) is 1.62. The Morgan fingerprint density at radius 2 is 2.18 bits per heavy atom. The molecule has 0 fully saturated rings. The topological polar surface area (TPSA) is 67.2 Å². The van der Waals surface area contributed by atoms with Crippen molar-refractivity contribution in [3.05, 3.63) is 52.7 Å². The van der Waals surface area contributed by atoms with Gasteiger partial charge in [-0.05, 0) is 18.2 Å². The van der Waals surface area contributed by atoms with Gasteiger partial charge in [-0.25, -0.2) is 0 Å². The lowest BCUT2D eigenvalue weighted by atomic mass is 10.3. The highest BCUT2D eigenvalue weighted by molar-refractivity contribution is 5.40. The van der Waals surface area contributed by atoms with Gasteiger partial charge in [0.15, 0.2) is 0 Å². The van der Waals surface area contributed by atoms with Gasteiger partial charge >= 0.3 is 0 Å². The Balaban J connectivity index is 2.04. The molecule has 0 saturated carbocycles. The Morgan fingerprint density at radius 1 is 1.35 bits per heavy atom. The predicted octanol–water partition coefficient (Wildman–Crippen LogP) is 1.10. The lowest BCUT2D eigenvalue weighted by Crippen LogP contribution is -2.15. The van der Waals surface area contributed by atoms with Crippen LogP contribution in [0.15, 0.2) is 41.5 Å². The summed E-state index contributed by atoms with van der Waals surface area (Å²) in [6.07, 6.45) is 3.13. The Hall–Kier alpha value is -2.30. The summed E-state index contributed by atoms with van der Waals surface area (Å²) in [6, 6.07) is 6.56. The van der Waals surface area contributed by atoms with E-state index in [9.17, 15) is 4.79 Å². The van der Waals surface area contributed by atoms with Crippen molar-refractivity contribution in [1.82, 2.24) is 9.55 Å². The summed E-state index contributed by atoms with van der Waals surface area (Å²) in [4.78, 5) is 15.2. The Kier molecular flexibility index (Phi) is 3.09. The molecule has 0 saturated heterocycles. The van der Waals surface area contributed by atoms with Crippen molar-refractivity contribution in [2.45, 2.75) is 6.54 Å². The van der Waals surface area contributed by atoms with Crippen LogP contribution in [0.25, 0.3) is 0 Å². The predicted molar refractivity (Wildman–Crippen MR) is 64.9 cm³/mol. The molecule has 2 rings (SSSR count). The molecule has 0 unspecified atom stereocenters. The maximum absolute atomic E-state index is 11.2. The minimum absolute atomic E-state index is 0.0432. The minimum Gasteiger partial charge on any atom is -0.506 e. The van der Waals surface area contributed by atoms with E-state index in [-0.39, 0.29) is 11.3 Å². The van der Waals surface area contributed by atoms with Gasteiger partial charge in [0, 0.05) is 19.3 Å². The summed E-state index contributed by atoms with van der Waals surface area (Å²) in [6.45, 7) is 0.540. The molecule has 0 radical (unpaired) electrons. The number of nitrogens with zero attached hydrogens (tertiary/aromatic N) is 2. The van der Waals surface area contributed by atoms with Crippen LogP contribution in [0.1, 0.15) is 5.69 Å². The zero-order valence-electron chi connectivity index (χ0n) is 9.42. The second-order valence-electron chi connectivity index (χ2n) is 3.73. The van der Waals surface area contributed by atoms with E-state index in [1.54, 1.807) is 31.4 Å². The van der Waals surface area contributed by atoms with Crippen molar-refractivity contribution in [2.24, 2.45) is 7.05 Å². The van der Waals surface area contributed by atoms with Crippen molar-refractivity contribution in [2.75, 3.05) is 5.32 Å². The first-order valence-electron chi connectivity index (χ1n) is 5.19. The number of pyridine rings is 2. The number of anilines is 1. The first kappa shape index (κ1) is 11.2. The van der Waals surface area contributed by atoms with Crippen LogP contribution in [0.4, 0.5) is 5.69 Å². The fraction of sp³-hybridized carbons (Fsp3) is 0.167. The molecule has 0 aliphatic carbocycles. The number of aromatic hydroxyl groups is 1. The van der Waals surface area contributed by atoms with Gasteiger partial charge in [0.25, 0.3) is 0 Å². The number of nitrogens with one attached hydrogen (secondary N) is 1. The van der Waals surface area contributed by atoms with Gasteiger partial charge in [-0.2, -0.15) is 0 Å². The van der Waals surface area contributed by atoms with Crippen LogP contribution < -0.4 is 10.9 Å². The Bertz CT molecular complexity index is 561. The van der Waals surface area contributed by atoms with Crippen LogP contribution >= 0.6 is 0 Å². The number of aryl methyl sites for hydroxylation is 1. The highest BCUT2D eigenvalue weighted by atomic mass is 16.3. The standard InChI is InChI=1S/C12H13N3O2/c1-15-8-10(3-5-12(15)17)13-6-9-2-4-11(16)7-14-9/h2-5,7-8,13,16H,6H2,1H3. The van der Waals surface area contributed by atoms with Crippen LogP contribution in [0.5, 0.6) is 5.75 Å². The zero-order valence-corrected chi connectivity index (χ0v) is 9.42. The molecule has 2 heterocycles. The quantitative estimate of drug-likeness (QED) is 0.830. The monoisotopic (exact) mass is 231 g/mol. The van der Waals surface area contributed by atoms with E-state index in [0.29, 0.717) is 6.54 Å². The minimum atomic E-state index is -0.0432. The van der Waals surface area contributed by atoms with Crippen LogP contribution in [-0.4, -0.2) is 14.7 Å². The highest BCUT2D eigenvalue weighted by Crippen LogP contribution is 2.08. The average molecular weight is 231 g/mol. The van der Waals surface area contributed by atoms with Crippen LogP contribution in [0, 0.1) is 0 Å². The third kappa shape index (κ3) is 2.84. The Morgan fingerprint density at radius 3 is 2.82 bits per heavy atom. The third-order valence-electron chi connectivity index (χ3n) is 2.37. The van der Waals surface area contributed by atoms with Gasteiger partial charge in [-0.1, -0.05) is 0 Å². The lowest BCUT2D eigenvalue weighted by molar-refractivity contribution is 0.472. The average Bonchev–Trinajstić information content (AvgIpc) is 2.33. The fourth-order valence-corrected chi connectivity index (χ4v) is 1.41. The summed E-state index contributed by atoms with van der Waals surface area (Å²) in [7, 11) is 1.70. The first-order valence-corrected chi connectivity index (χ1v) is 5.19. The second kappa shape index (κ2) is 4.69. The molecule has 2 N–H and O–H groups in total. The van der Waals surface area contributed by atoms with Gasteiger partial charge in [0.05, 0.1) is 24.1 Å². The molecule has 5 heteroatoms. The van der Waals surface area contributed by atoms with E-state index in [1.165, 1.54) is 16.8 Å². The normalized spacial score (nSPS) is 10.2. The maximum Gasteiger partial charge on any atom is 0.250 e. The number of hydrogen-bond donors (Lipinski definition) is 2. The zero-order chi connectivity index (χ0) is 12.3. The SMILES string of the molecule is Cn1cc(NCc2ccc(O)cn2)ccc1=O. The fourth-order valence-electron chi connectivity index (χ4n) is 1.41. The van der Waals surface area contributed by atoms with E-state index in [1.807, 2.05) is 0 Å². The van der Waals surface area contributed by atoms with E-state index >= 15 is 0 Å². The van der Waals surface area contributed by atoms with Crippen LogP contribution in [-0.2, 0) is 13.6 Å². The largest absolute Gasteiger partial charge is 0.506 e. The van der Waals surface area contributed by atoms with Gasteiger partial charge in [0.2, 0.25) is 5.56 Å². The molecule has 0 amide bonds. The van der Waals surface area contributed by atoms with Gasteiger partial charge in [-0.15, -0.1) is 0 Å². The number of hydrogen-bond acceptors (Lipinski definition) is 4. The third-order valence-corrected chi connectivity index (χ3v) is 2.37. The van der Waals surface area contributed by atoms with Crippen molar-refractivity contribution in [3.8, 4) is 5.75 Å². The highest BCUT2D eigenvalue weighted by Gasteiger charge is 1.97. The molecular formula is C12H13N3O2. The van der Waals surface area contributed by atoms with Gasteiger partial charge in [-0.3, -0.25) is 9.78 Å². The molecule has 2 aromatic heterocycles. The second-order valence-corrected chi connectivity index (χ2v) is 3.73. The number of aromatic nitrogens is 2. The molecule has 0 aliphatic rings. The van der Waals surface area contributed by atoms with Crippen LogP contribution in [0.2, 0.25) is 0 Å². The van der Waals surface area contributed by atoms with Crippen LogP contribution in [0.3, 0.4) is 0 Å². The van der Waals surface area contributed by atoms with E-state index < -0.39 is 0 Å². The maximum atomic E-state index is 11.2. The van der Waals surface area contributed by atoms with Crippen molar-refractivity contribution in [1.29, 1.82) is 0 Å². The summed E-state index contributed by atoms with van der Waals surface area (Å²) < 4.78 is 1.51. The number of rotatable bonds is 3. The van der Waals surface area contributed by atoms with Gasteiger partial charge < -0.3 is 15.0 Å². The van der Waals surface area contributed by atoms with Crippen molar-refractivity contribution < 1.29 is 5.11 Å². The van der Waals surface area contributed by atoms with Crippen molar-refractivity contribution >= 4 is 5.69 Å². The lowest BCUT2D eigenvalue weighted by Gasteiger charge is -2.07. The van der Waals surface area contributed by atoms with E-state index in [2.05, 4.69) is 10.3 Å². The van der Waals surface area contributed by atoms with E-state index in [4.69, 9.17) is 5.11 Å². The molecule has 5 nitrogen and oxygen atoms in total. The molecular weight excluding hydrogens is 218 g/mol. The smallest absolute Gasteiger partial charge is 0.250 e. The summed E-state index contributed by atoms with van der Waals surface area (Å²) in [5.74, 6) is 0.149. The molecule has 0 atom stereocenters.